The first-order valence-electron chi connectivity index (χ1n) is 6.43. The van der Waals surface area contributed by atoms with Gasteiger partial charge in [-0.1, -0.05) is 23.7 Å². The Kier molecular flexibility index (Phi) is 4.61. The molecule has 0 aromatic heterocycles. The zero-order valence-electron chi connectivity index (χ0n) is 10.6. The fourth-order valence-electron chi connectivity index (χ4n) is 2.22. The predicted octanol–water partition coefficient (Wildman–Crippen LogP) is 2.31. The fraction of sp³-hybridized carbons (Fsp3) is 0.500. The number of rotatable bonds is 3. The molecule has 1 amide bonds. The second kappa shape index (κ2) is 6.21. The van der Waals surface area contributed by atoms with Gasteiger partial charge in [0.25, 0.3) is 0 Å². The summed E-state index contributed by atoms with van der Waals surface area (Å²) in [4.78, 5) is 12.1. The maximum atomic E-state index is 12.1. The van der Waals surface area contributed by atoms with Crippen LogP contribution in [-0.4, -0.2) is 25.0 Å². The minimum atomic E-state index is -0.154. The van der Waals surface area contributed by atoms with Crippen molar-refractivity contribution in [2.24, 2.45) is 0 Å². The third-order valence-electron chi connectivity index (χ3n) is 3.43. The SMILES string of the molecule is CC(C(=O)NC1CCNCC1)c1cccc(Cl)c1. The molecule has 1 atom stereocenters. The summed E-state index contributed by atoms with van der Waals surface area (Å²) in [7, 11) is 0. The van der Waals surface area contributed by atoms with E-state index in [1.165, 1.54) is 0 Å². The van der Waals surface area contributed by atoms with Crippen molar-refractivity contribution in [3.63, 3.8) is 0 Å². The van der Waals surface area contributed by atoms with Crippen LogP contribution < -0.4 is 10.6 Å². The third-order valence-corrected chi connectivity index (χ3v) is 3.66. The van der Waals surface area contributed by atoms with Crippen LogP contribution in [0.1, 0.15) is 31.2 Å². The second-order valence-electron chi connectivity index (χ2n) is 4.81. The summed E-state index contributed by atoms with van der Waals surface area (Å²) in [6.45, 7) is 3.88. The Morgan fingerprint density at radius 3 is 2.83 bits per heavy atom. The van der Waals surface area contributed by atoms with Crippen LogP contribution >= 0.6 is 11.6 Å². The summed E-state index contributed by atoms with van der Waals surface area (Å²) in [5, 5.41) is 7.08. The van der Waals surface area contributed by atoms with E-state index in [9.17, 15) is 4.79 Å². The number of amides is 1. The number of carbonyl (C=O) groups excluding carboxylic acids is 1. The lowest BCUT2D eigenvalue weighted by Crippen LogP contribution is -2.44. The number of hydrogen-bond acceptors (Lipinski definition) is 2. The van der Waals surface area contributed by atoms with Crippen molar-refractivity contribution >= 4 is 17.5 Å². The highest BCUT2D eigenvalue weighted by Gasteiger charge is 2.20. The molecule has 0 spiro atoms. The number of carbonyl (C=O) groups is 1. The Labute approximate surface area is 113 Å². The highest BCUT2D eigenvalue weighted by Crippen LogP contribution is 2.20. The van der Waals surface area contributed by atoms with Crippen LogP contribution in [-0.2, 0) is 4.79 Å². The summed E-state index contributed by atoms with van der Waals surface area (Å²) in [6.07, 6.45) is 2.02. The molecule has 1 aromatic rings. The zero-order valence-corrected chi connectivity index (χ0v) is 11.3. The van der Waals surface area contributed by atoms with Crippen molar-refractivity contribution in [3.05, 3.63) is 34.9 Å². The van der Waals surface area contributed by atoms with Crippen LogP contribution in [0.25, 0.3) is 0 Å². The van der Waals surface area contributed by atoms with Crippen LogP contribution in [0.4, 0.5) is 0 Å². The van der Waals surface area contributed by atoms with Crippen LogP contribution in [0.15, 0.2) is 24.3 Å². The van der Waals surface area contributed by atoms with E-state index in [1.807, 2.05) is 31.2 Å². The van der Waals surface area contributed by atoms with E-state index in [0.717, 1.165) is 31.5 Å². The average molecular weight is 267 g/mol. The van der Waals surface area contributed by atoms with Crippen molar-refractivity contribution in [2.75, 3.05) is 13.1 Å². The van der Waals surface area contributed by atoms with Gasteiger partial charge in [0.15, 0.2) is 0 Å². The second-order valence-corrected chi connectivity index (χ2v) is 5.25. The maximum Gasteiger partial charge on any atom is 0.227 e. The molecule has 98 valence electrons. The largest absolute Gasteiger partial charge is 0.353 e. The molecule has 3 nitrogen and oxygen atoms in total. The van der Waals surface area contributed by atoms with Crippen molar-refractivity contribution in [3.8, 4) is 0 Å². The predicted molar refractivity (Wildman–Crippen MR) is 73.9 cm³/mol. The summed E-state index contributed by atoms with van der Waals surface area (Å²) < 4.78 is 0. The number of benzene rings is 1. The molecular formula is C14H19ClN2O. The molecule has 4 heteroatoms. The first-order valence-corrected chi connectivity index (χ1v) is 6.81. The van der Waals surface area contributed by atoms with Crippen LogP contribution in [0.5, 0.6) is 0 Å². The van der Waals surface area contributed by atoms with Crippen LogP contribution in [0.3, 0.4) is 0 Å². The van der Waals surface area contributed by atoms with Gasteiger partial charge in [-0.3, -0.25) is 4.79 Å². The lowest BCUT2D eigenvalue weighted by atomic mass is 9.99. The topological polar surface area (TPSA) is 41.1 Å². The Hall–Kier alpha value is -1.06. The van der Waals surface area contributed by atoms with Gasteiger partial charge < -0.3 is 10.6 Å². The molecule has 2 N–H and O–H groups in total. The van der Waals surface area contributed by atoms with Gasteiger partial charge in [-0.2, -0.15) is 0 Å². The molecule has 18 heavy (non-hydrogen) atoms. The van der Waals surface area contributed by atoms with E-state index in [1.54, 1.807) is 0 Å². The number of hydrogen-bond donors (Lipinski definition) is 2. The van der Waals surface area contributed by atoms with Crippen molar-refractivity contribution in [1.29, 1.82) is 0 Å². The fourth-order valence-corrected chi connectivity index (χ4v) is 2.42. The molecule has 0 bridgehead atoms. The standard InChI is InChI=1S/C14H19ClN2O/c1-10(11-3-2-4-12(15)9-11)14(18)17-13-5-7-16-8-6-13/h2-4,9-10,13,16H,5-8H2,1H3,(H,17,18). The molecule has 0 radical (unpaired) electrons. The number of nitrogens with one attached hydrogen (secondary N) is 2. The van der Waals surface area contributed by atoms with Gasteiger partial charge in [-0.05, 0) is 50.6 Å². The van der Waals surface area contributed by atoms with E-state index in [2.05, 4.69) is 10.6 Å². The van der Waals surface area contributed by atoms with Gasteiger partial charge >= 0.3 is 0 Å². The molecule has 0 saturated carbocycles. The van der Waals surface area contributed by atoms with Crippen molar-refractivity contribution in [2.45, 2.75) is 31.7 Å². The zero-order chi connectivity index (χ0) is 13.0. The molecule has 1 aliphatic rings. The quantitative estimate of drug-likeness (QED) is 0.882. The summed E-state index contributed by atoms with van der Waals surface area (Å²) in [6, 6.07) is 7.81. The van der Waals surface area contributed by atoms with E-state index < -0.39 is 0 Å². The van der Waals surface area contributed by atoms with Crippen molar-refractivity contribution in [1.82, 2.24) is 10.6 Å². The molecule has 1 unspecified atom stereocenters. The normalized spacial score (nSPS) is 18.3. The molecule has 2 rings (SSSR count). The molecule has 1 saturated heterocycles. The van der Waals surface area contributed by atoms with E-state index in [-0.39, 0.29) is 11.8 Å². The van der Waals surface area contributed by atoms with Gasteiger partial charge in [0.1, 0.15) is 0 Å². The van der Waals surface area contributed by atoms with E-state index >= 15 is 0 Å². The van der Waals surface area contributed by atoms with Gasteiger partial charge in [0.05, 0.1) is 5.92 Å². The number of halogens is 1. The molecule has 1 aliphatic heterocycles. The molecule has 1 aromatic carbocycles. The molecule has 1 heterocycles. The smallest absolute Gasteiger partial charge is 0.227 e. The first-order chi connectivity index (χ1) is 8.66. The minimum absolute atomic E-state index is 0.0872. The first kappa shape index (κ1) is 13.4. The number of piperidine rings is 1. The molecular weight excluding hydrogens is 248 g/mol. The Morgan fingerprint density at radius 2 is 2.17 bits per heavy atom. The van der Waals surface area contributed by atoms with Crippen LogP contribution in [0, 0.1) is 0 Å². The van der Waals surface area contributed by atoms with Gasteiger partial charge in [0, 0.05) is 11.1 Å². The Bertz CT molecular complexity index is 416. The summed E-state index contributed by atoms with van der Waals surface area (Å²) in [5.74, 6) is -0.0669. The molecule has 1 fully saturated rings. The highest BCUT2D eigenvalue weighted by atomic mass is 35.5. The lowest BCUT2D eigenvalue weighted by Gasteiger charge is -2.25. The van der Waals surface area contributed by atoms with Gasteiger partial charge in [-0.15, -0.1) is 0 Å². The Morgan fingerprint density at radius 1 is 1.44 bits per heavy atom. The minimum Gasteiger partial charge on any atom is -0.353 e. The van der Waals surface area contributed by atoms with E-state index in [4.69, 9.17) is 11.6 Å². The van der Waals surface area contributed by atoms with Crippen molar-refractivity contribution < 1.29 is 4.79 Å². The molecule has 0 aliphatic carbocycles. The summed E-state index contributed by atoms with van der Waals surface area (Å²) in [5.41, 5.74) is 0.967. The lowest BCUT2D eigenvalue weighted by molar-refractivity contribution is -0.123. The van der Waals surface area contributed by atoms with Gasteiger partial charge in [-0.25, -0.2) is 0 Å². The van der Waals surface area contributed by atoms with Crippen LogP contribution in [0.2, 0.25) is 5.02 Å². The maximum absolute atomic E-state index is 12.1. The van der Waals surface area contributed by atoms with E-state index in [0.29, 0.717) is 11.1 Å². The summed E-state index contributed by atoms with van der Waals surface area (Å²) >= 11 is 5.95. The average Bonchev–Trinajstić information content (AvgIpc) is 2.39. The third kappa shape index (κ3) is 3.47. The highest BCUT2D eigenvalue weighted by molar-refractivity contribution is 6.30. The Balaban J connectivity index is 1.95. The monoisotopic (exact) mass is 266 g/mol. The van der Waals surface area contributed by atoms with Gasteiger partial charge in [0.2, 0.25) is 5.91 Å².